The van der Waals surface area contributed by atoms with Gasteiger partial charge in [-0.3, -0.25) is 0 Å². The quantitative estimate of drug-likeness (QED) is 0.763. The van der Waals surface area contributed by atoms with Crippen LogP contribution in [0.5, 0.6) is 0 Å². The van der Waals surface area contributed by atoms with Gasteiger partial charge in [-0.2, -0.15) is 4.31 Å². The Balaban J connectivity index is 3.24. The van der Waals surface area contributed by atoms with Gasteiger partial charge in [-0.15, -0.1) is 0 Å². The Hall–Kier alpha value is -1.02. The summed E-state index contributed by atoms with van der Waals surface area (Å²) in [5, 5.41) is 9.25. The largest absolute Gasteiger partial charge is 0.392 e. The Morgan fingerprint density at radius 1 is 1.50 bits per heavy atom. The highest BCUT2D eigenvalue weighted by Gasteiger charge is 2.25. The molecule has 0 radical (unpaired) electrons. The van der Waals surface area contributed by atoms with Gasteiger partial charge in [-0.25, -0.2) is 8.42 Å². The molecule has 3 N–H and O–H groups in total. The summed E-state index contributed by atoms with van der Waals surface area (Å²) in [5.74, 6) is 0. The van der Waals surface area contributed by atoms with E-state index in [9.17, 15) is 13.5 Å². The van der Waals surface area contributed by atoms with Crippen LogP contribution in [0.4, 0.5) is 0 Å². The Kier molecular flexibility index (Phi) is 4.80. The molecule has 0 saturated heterocycles. The maximum absolute atomic E-state index is 12.3. The molecule has 0 heterocycles. The number of likely N-dealkylation sites (N-methyl/N-ethyl adjacent to an activating group) is 1. The number of thiocarbonyl (C=S) groups is 1. The standard InChI is InChI=1S/C11H16N2O3S2/c1-8(14)7-13(2)18(15,16)10-6-4-3-5-9(10)11(12)17/h3-6,8,14H,7H2,1-2H3,(H2,12,17). The fraction of sp³-hybridized carbons (Fsp3) is 0.364. The summed E-state index contributed by atoms with van der Waals surface area (Å²) >= 11 is 4.84. The van der Waals surface area contributed by atoms with Gasteiger partial charge >= 0.3 is 0 Å². The maximum atomic E-state index is 12.3. The molecule has 0 aliphatic heterocycles. The normalized spacial score (nSPS) is 13.6. The van der Waals surface area contributed by atoms with E-state index in [0.29, 0.717) is 5.56 Å². The molecule has 0 aliphatic rings. The van der Waals surface area contributed by atoms with Crippen molar-refractivity contribution in [1.82, 2.24) is 4.31 Å². The average Bonchev–Trinajstić information content (AvgIpc) is 2.28. The van der Waals surface area contributed by atoms with Gasteiger partial charge in [0, 0.05) is 19.2 Å². The zero-order chi connectivity index (χ0) is 13.9. The van der Waals surface area contributed by atoms with Crippen molar-refractivity contribution in [1.29, 1.82) is 0 Å². The zero-order valence-electron chi connectivity index (χ0n) is 10.2. The molecule has 0 amide bonds. The van der Waals surface area contributed by atoms with E-state index in [0.717, 1.165) is 4.31 Å². The van der Waals surface area contributed by atoms with Crippen molar-refractivity contribution in [3.63, 3.8) is 0 Å². The average molecular weight is 288 g/mol. The van der Waals surface area contributed by atoms with E-state index in [1.165, 1.54) is 20.0 Å². The van der Waals surface area contributed by atoms with Gasteiger partial charge in [0.25, 0.3) is 0 Å². The minimum Gasteiger partial charge on any atom is -0.392 e. The summed E-state index contributed by atoms with van der Waals surface area (Å²) in [6, 6.07) is 6.28. The summed E-state index contributed by atoms with van der Waals surface area (Å²) in [7, 11) is -2.30. The number of hydrogen-bond acceptors (Lipinski definition) is 4. The number of hydrogen-bond donors (Lipinski definition) is 2. The van der Waals surface area contributed by atoms with Crippen LogP contribution in [0.3, 0.4) is 0 Å². The number of sulfonamides is 1. The third kappa shape index (κ3) is 3.26. The van der Waals surface area contributed by atoms with Crippen LogP contribution in [0.15, 0.2) is 29.2 Å². The van der Waals surface area contributed by atoms with Crippen LogP contribution in [0, 0.1) is 0 Å². The van der Waals surface area contributed by atoms with Gasteiger partial charge in [0.15, 0.2) is 0 Å². The Bertz CT molecular complexity index is 541. The number of benzene rings is 1. The summed E-state index contributed by atoms with van der Waals surface area (Å²) < 4.78 is 25.7. The number of nitrogens with zero attached hydrogens (tertiary/aromatic N) is 1. The van der Waals surface area contributed by atoms with Crippen LogP contribution in [0.1, 0.15) is 12.5 Å². The molecule has 0 bridgehead atoms. The van der Waals surface area contributed by atoms with Gasteiger partial charge in [-0.1, -0.05) is 30.4 Å². The highest BCUT2D eigenvalue weighted by Crippen LogP contribution is 2.19. The molecule has 18 heavy (non-hydrogen) atoms. The summed E-state index contributed by atoms with van der Waals surface area (Å²) in [6.45, 7) is 1.53. The minimum absolute atomic E-state index is 0.00794. The van der Waals surface area contributed by atoms with Crippen molar-refractivity contribution in [3.05, 3.63) is 29.8 Å². The topological polar surface area (TPSA) is 83.6 Å². The third-order valence-corrected chi connectivity index (χ3v) is 4.46. The number of aliphatic hydroxyl groups excluding tert-OH is 1. The first-order valence-corrected chi connectivity index (χ1v) is 7.15. The second-order valence-electron chi connectivity index (χ2n) is 3.99. The Morgan fingerprint density at radius 2 is 2.06 bits per heavy atom. The lowest BCUT2D eigenvalue weighted by atomic mass is 10.2. The number of nitrogens with two attached hydrogens (primary N) is 1. The fourth-order valence-electron chi connectivity index (χ4n) is 1.53. The molecule has 0 saturated carbocycles. The van der Waals surface area contributed by atoms with Crippen LogP contribution in [0.25, 0.3) is 0 Å². The molecule has 1 unspecified atom stereocenters. The molecule has 1 aromatic carbocycles. The first kappa shape index (κ1) is 15.0. The summed E-state index contributed by atoms with van der Waals surface area (Å²) in [5.41, 5.74) is 5.82. The minimum atomic E-state index is -3.70. The van der Waals surface area contributed by atoms with Crippen LogP contribution in [-0.4, -0.2) is 42.5 Å². The van der Waals surface area contributed by atoms with Gasteiger partial charge in [0.1, 0.15) is 4.99 Å². The molecule has 1 atom stereocenters. The molecule has 7 heteroatoms. The molecular weight excluding hydrogens is 272 g/mol. The highest BCUT2D eigenvalue weighted by molar-refractivity contribution is 7.89. The van der Waals surface area contributed by atoms with Crippen molar-refractivity contribution >= 4 is 27.2 Å². The Labute approximate surface area is 112 Å². The van der Waals surface area contributed by atoms with E-state index < -0.39 is 16.1 Å². The van der Waals surface area contributed by atoms with Crippen LogP contribution in [0.2, 0.25) is 0 Å². The lowest BCUT2D eigenvalue weighted by Crippen LogP contribution is -2.34. The number of rotatable bonds is 5. The molecular formula is C11H16N2O3S2. The first-order valence-electron chi connectivity index (χ1n) is 5.30. The zero-order valence-corrected chi connectivity index (χ0v) is 11.8. The van der Waals surface area contributed by atoms with Gasteiger partial charge in [0.2, 0.25) is 10.0 Å². The van der Waals surface area contributed by atoms with Crippen LogP contribution in [-0.2, 0) is 10.0 Å². The SMILES string of the molecule is CC(O)CN(C)S(=O)(=O)c1ccccc1C(N)=S. The molecule has 0 fully saturated rings. The van der Waals surface area contributed by atoms with Gasteiger partial charge in [-0.05, 0) is 13.0 Å². The lowest BCUT2D eigenvalue weighted by molar-refractivity contribution is 0.171. The van der Waals surface area contributed by atoms with Gasteiger partial charge < -0.3 is 10.8 Å². The van der Waals surface area contributed by atoms with E-state index in [-0.39, 0.29) is 16.4 Å². The third-order valence-electron chi connectivity index (χ3n) is 2.36. The van der Waals surface area contributed by atoms with Crippen molar-refractivity contribution in [2.24, 2.45) is 5.73 Å². The second kappa shape index (κ2) is 5.75. The van der Waals surface area contributed by atoms with Crippen molar-refractivity contribution < 1.29 is 13.5 Å². The lowest BCUT2D eigenvalue weighted by Gasteiger charge is -2.20. The van der Waals surface area contributed by atoms with Crippen molar-refractivity contribution in [3.8, 4) is 0 Å². The molecule has 0 aliphatic carbocycles. The molecule has 1 aromatic rings. The number of aliphatic hydroxyl groups is 1. The van der Waals surface area contributed by atoms with Crippen molar-refractivity contribution in [2.45, 2.75) is 17.9 Å². The van der Waals surface area contributed by atoms with Gasteiger partial charge in [0.05, 0.1) is 11.0 Å². The molecule has 0 spiro atoms. The van der Waals surface area contributed by atoms with Crippen LogP contribution >= 0.6 is 12.2 Å². The maximum Gasteiger partial charge on any atom is 0.243 e. The van der Waals surface area contributed by atoms with Crippen LogP contribution < -0.4 is 5.73 Å². The van der Waals surface area contributed by atoms with E-state index >= 15 is 0 Å². The fourth-order valence-corrected chi connectivity index (χ4v) is 3.23. The predicted octanol–water partition coefficient (Wildman–Crippen LogP) is 0.322. The molecule has 0 aromatic heterocycles. The molecule has 1 rings (SSSR count). The molecule has 100 valence electrons. The predicted molar refractivity (Wildman–Crippen MR) is 73.8 cm³/mol. The van der Waals surface area contributed by atoms with E-state index in [1.807, 2.05) is 0 Å². The van der Waals surface area contributed by atoms with E-state index in [4.69, 9.17) is 18.0 Å². The Morgan fingerprint density at radius 3 is 2.56 bits per heavy atom. The summed E-state index contributed by atoms with van der Waals surface area (Å²) in [4.78, 5) is 0.0836. The first-order chi connectivity index (χ1) is 8.26. The highest BCUT2D eigenvalue weighted by atomic mass is 32.2. The van der Waals surface area contributed by atoms with Crippen molar-refractivity contribution in [2.75, 3.05) is 13.6 Å². The van der Waals surface area contributed by atoms with E-state index in [1.54, 1.807) is 18.2 Å². The smallest absolute Gasteiger partial charge is 0.243 e. The van der Waals surface area contributed by atoms with E-state index in [2.05, 4.69) is 0 Å². The monoisotopic (exact) mass is 288 g/mol. The summed E-state index contributed by atoms with van der Waals surface area (Å²) in [6.07, 6.45) is -0.748. The second-order valence-corrected chi connectivity index (χ2v) is 6.45. The molecule has 5 nitrogen and oxygen atoms in total.